The molecule has 4 aromatic rings. The molecule has 0 radical (unpaired) electrons. The van der Waals surface area contributed by atoms with E-state index in [1.54, 1.807) is 24.9 Å². The number of hydrogen-bond donors (Lipinski definition) is 2. The first-order valence-electron chi connectivity index (χ1n) is 11.9. The Morgan fingerprint density at radius 2 is 2.09 bits per heavy atom. The van der Waals surface area contributed by atoms with Crippen LogP contribution in [0.5, 0.6) is 5.75 Å². The lowest BCUT2D eigenvalue weighted by Crippen LogP contribution is -2.40. The molecule has 9 nitrogen and oxygen atoms in total. The van der Waals surface area contributed by atoms with E-state index in [1.165, 1.54) is 6.33 Å². The lowest BCUT2D eigenvalue weighted by atomic mass is 9.90. The molecule has 2 N–H and O–H groups in total. The minimum Gasteiger partial charge on any atom is -0.493 e. The van der Waals surface area contributed by atoms with E-state index in [4.69, 9.17) is 4.74 Å². The Kier molecular flexibility index (Phi) is 6.14. The molecule has 1 fully saturated rings. The summed E-state index contributed by atoms with van der Waals surface area (Å²) in [5.41, 5.74) is 4.36. The highest BCUT2D eigenvalue weighted by Crippen LogP contribution is 2.40. The highest BCUT2D eigenvalue weighted by Gasteiger charge is 2.28. The van der Waals surface area contributed by atoms with Gasteiger partial charge in [0.1, 0.15) is 6.33 Å². The second kappa shape index (κ2) is 9.26. The summed E-state index contributed by atoms with van der Waals surface area (Å²) in [6, 6.07) is 1.90. The number of likely N-dealkylation sites (tertiary alicyclic amines) is 1. The van der Waals surface area contributed by atoms with Crippen molar-refractivity contribution in [2.24, 2.45) is 0 Å². The van der Waals surface area contributed by atoms with Gasteiger partial charge in [-0.1, -0.05) is 13.8 Å². The molecular formula is C25H30FN7O2. The molecule has 1 aliphatic heterocycles. The highest BCUT2D eigenvalue weighted by atomic mass is 19.1. The number of piperidine rings is 1. The Labute approximate surface area is 202 Å². The number of pyridine rings is 2. The lowest BCUT2D eigenvalue weighted by Gasteiger charge is -2.31. The zero-order chi connectivity index (χ0) is 24.7. The molecule has 184 valence electrons. The highest BCUT2D eigenvalue weighted by molar-refractivity contribution is 5.92. The Bertz CT molecular complexity index is 1390. The summed E-state index contributed by atoms with van der Waals surface area (Å²) in [6.45, 7) is 5.98. The molecule has 5 heterocycles. The van der Waals surface area contributed by atoms with Crippen molar-refractivity contribution in [1.29, 1.82) is 0 Å². The van der Waals surface area contributed by atoms with Crippen LogP contribution < -0.4 is 10.1 Å². The van der Waals surface area contributed by atoms with Crippen molar-refractivity contribution in [3.63, 3.8) is 0 Å². The van der Waals surface area contributed by atoms with E-state index in [2.05, 4.69) is 44.1 Å². The number of carbonyl (C=O) groups is 1. The summed E-state index contributed by atoms with van der Waals surface area (Å²) < 4.78 is 23.3. The van der Waals surface area contributed by atoms with Crippen LogP contribution in [0, 0.1) is 5.82 Å². The first-order chi connectivity index (χ1) is 16.9. The van der Waals surface area contributed by atoms with E-state index < -0.39 is 0 Å². The zero-order valence-electron chi connectivity index (χ0n) is 20.4. The van der Waals surface area contributed by atoms with Gasteiger partial charge in [-0.3, -0.25) is 14.7 Å². The number of hydrogen-bond acceptors (Lipinski definition) is 6. The van der Waals surface area contributed by atoms with Gasteiger partial charge in [-0.25, -0.2) is 13.9 Å². The molecule has 0 saturated carbocycles. The lowest BCUT2D eigenvalue weighted by molar-refractivity contribution is -0.122. The predicted octanol–water partition coefficient (Wildman–Crippen LogP) is 3.47. The van der Waals surface area contributed by atoms with Crippen LogP contribution in [0.2, 0.25) is 0 Å². The maximum Gasteiger partial charge on any atom is 0.233 e. The van der Waals surface area contributed by atoms with Crippen LogP contribution in [0.1, 0.15) is 49.8 Å². The van der Waals surface area contributed by atoms with Crippen molar-refractivity contribution < 1.29 is 13.9 Å². The first-order valence-corrected chi connectivity index (χ1v) is 11.9. The molecule has 1 amide bonds. The van der Waals surface area contributed by atoms with Gasteiger partial charge in [-0.05, 0) is 43.5 Å². The molecule has 0 atom stereocenters. The summed E-state index contributed by atoms with van der Waals surface area (Å²) >= 11 is 0. The van der Waals surface area contributed by atoms with Crippen LogP contribution in [-0.4, -0.2) is 69.2 Å². The second-order valence-electron chi connectivity index (χ2n) is 9.36. The number of rotatable bonds is 6. The fourth-order valence-corrected chi connectivity index (χ4v) is 5.11. The number of amides is 1. The summed E-state index contributed by atoms with van der Waals surface area (Å²) in [5.74, 6) is 0.417. The summed E-state index contributed by atoms with van der Waals surface area (Å²) in [5, 5.41) is 7.51. The Balaban J connectivity index is 1.54. The molecule has 35 heavy (non-hydrogen) atoms. The Hall–Kier alpha value is -3.53. The third kappa shape index (κ3) is 4.12. The average molecular weight is 480 g/mol. The largest absolute Gasteiger partial charge is 0.493 e. The summed E-state index contributed by atoms with van der Waals surface area (Å²) in [7, 11) is 3.24. The number of nitrogens with zero attached hydrogens (tertiary/aromatic N) is 5. The fraction of sp³-hybridized carbons (Fsp3) is 0.440. The SMILES string of the molecule is CNC(=O)CN1CCC(c2ncc3[nH]c(-c4cc(OC)c5ncnn5c4)c(C(C)C)c3c2F)CC1. The van der Waals surface area contributed by atoms with E-state index in [-0.39, 0.29) is 23.6 Å². The Morgan fingerprint density at radius 1 is 1.31 bits per heavy atom. The van der Waals surface area contributed by atoms with Crippen molar-refractivity contribution in [3.8, 4) is 17.0 Å². The van der Waals surface area contributed by atoms with Gasteiger partial charge in [0.05, 0.1) is 36.8 Å². The number of ether oxygens (including phenoxy) is 1. The molecule has 1 aliphatic rings. The maximum atomic E-state index is 16.1. The van der Waals surface area contributed by atoms with Crippen molar-refractivity contribution in [2.45, 2.75) is 38.5 Å². The predicted molar refractivity (Wildman–Crippen MR) is 131 cm³/mol. The van der Waals surface area contributed by atoms with Gasteiger partial charge < -0.3 is 15.0 Å². The normalized spacial score (nSPS) is 15.4. The molecule has 10 heteroatoms. The molecule has 4 aromatic heterocycles. The minimum absolute atomic E-state index is 0.00341. The number of aromatic amines is 1. The maximum absolute atomic E-state index is 16.1. The number of aromatic nitrogens is 5. The molecule has 0 unspecified atom stereocenters. The third-order valence-electron chi connectivity index (χ3n) is 6.89. The fourth-order valence-electron chi connectivity index (χ4n) is 5.11. The number of carbonyl (C=O) groups excluding carboxylic acids is 1. The quantitative estimate of drug-likeness (QED) is 0.439. The third-order valence-corrected chi connectivity index (χ3v) is 6.89. The monoisotopic (exact) mass is 479 g/mol. The second-order valence-corrected chi connectivity index (χ2v) is 9.36. The number of likely N-dealkylation sites (N-methyl/N-ethyl adjacent to an activating group) is 1. The average Bonchev–Trinajstić information content (AvgIpc) is 3.49. The van der Waals surface area contributed by atoms with Gasteiger partial charge >= 0.3 is 0 Å². The molecule has 1 saturated heterocycles. The van der Waals surface area contributed by atoms with Crippen molar-refractivity contribution in [1.82, 2.24) is 34.8 Å². The van der Waals surface area contributed by atoms with Crippen LogP contribution in [-0.2, 0) is 4.79 Å². The molecule has 0 spiro atoms. The van der Waals surface area contributed by atoms with E-state index >= 15 is 4.39 Å². The van der Waals surface area contributed by atoms with Gasteiger partial charge in [-0.2, -0.15) is 5.10 Å². The number of fused-ring (bicyclic) bond motifs is 2. The van der Waals surface area contributed by atoms with Crippen molar-refractivity contribution >= 4 is 22.5 Å². The van der Waals surface area contributed by atoms with Crippen LogP contribution >= 0.6 is 0 Å². The zero-order valence-corrected chi connectivity index (χ0v) is 20.4. The Morgan fingerprint density at radius 3 is 2.77 bits per heavy atom. The number of methoxy groups -OCH3 is 1. The molecule has 0 aromatic carbocycles. The van der Waals surface area contributed by atoms with Gasteiger partial charge in [0.2, 0.25) is 5.91 Å². The van der Waals surface area contributed by atoms with E-state index in [1.807, 2.05) is 12.3 Å². The number of H-pyrrole nitrogens is 1. The van der Waals surface area contributed by atoms with Crippen LogP contribution in [0.4, 0.5) is 4.39 Å². The number of halogens is 1. The van der Waals surface area contributed by atoms with Crippen molar-refractivity contribution in [3.05, 3.63) is 41.9 Å². The summed E-state index contributed by atoms with van der Waals surface area (Å²) in [4.78, 5) is 26.0. The van der Waals surface area contributed by atoms with Crippen LogP contribution in [0.15, 0.2) is 24.8 Å². The van der Waals surface area contributed by atoms with E-state index in [0.717, 1.165) is 42.8 Å². The van der Waals surface area contributed by atoms with Gasteiger partial charge in [0, 0.05) is 30.1 Å². The van der Waals surface area contributed by atoms with Crippen LogP contribution in [0.25, 0.3) is 27.8 Å². The first kappa shape index (κ1) is 23.2. The molecule has 5 rings (SSSR count). The topological polar surface area (TPSA) is 100 Å². The van der Waals surface area contributed by atoms with Gasteiger partial charge in [-0.15, -0.1) is 0 Å². The van der Waals surface area contributed by atoms with Crippen LogP contribution in [0.3, 0.4) is 0 Å². The molecule has 0 aliphatic carbocycles. The van der Waals surface area contributed by atoms with Gasteiger partial charge in [0.25, 0.3) is 0 Å². The van der Waals surface area contributed by atoms with E-state index in [0.29, 0.717) is 34.5 Å². The number of nitrogens with one attached hydrogen (secondary N) is 2. The smallest absolute Gasteiger partial charge is 0.233 e. The molecular weight excluding hydrogens is 449 g/mol. The molecule has 0 bridgehead atoms. The van der Waals surface area contributed by atoms with Crippen molar-refractivity contribution in [2.75, 3.05) is 33.8 Å². The minimum atomic E-state index is -0.257. The van der Waals surface area contributed by atoms with E-state index in [9.17, 15) is 4.79 Å². The van der Waals surface area contributed by atoms with Gasteiger partial charge in [0.15, 0.2) is 17.2 Å². The summed E-state index contributed by atoms with van der Waals surface area (Å²) in [6.07, 6.45) is 6.62. The standard InChI is InChI=1S/C25H30FN7O2/c1-14(2)20-21-17(31-23(20)16-9-18(35-4)25-29-13-30-33(25)11-16)10-28-24(22(21)26)15-5-7-32(8-6-15)12-19(34)27-3/h9-11,13-15,31H,5-8,12H2,1-4H3,(H,27,34).